The summed E-state index contributed by atoms with van der Waals surface area (Å²) >= 11 is 14.2. The van der Waals surface area contributed by atoms with E-state index in [1.54, 1.807) is 7.11 Å². The van der Waals surface area contributed by atoms with E-state index >= 15 is 0 Å². The molecular weight excluding hydrogens is 591 g/mol. The number of hydrogen-bond donors (Lipinski definition) is 1. The number of carbonyl (C=O) groups is 1. The Balaban J connectivity index is 1.35. The molecule has 2 heterocycles. The fraction of sp³-hybridized carbons (Fsp3) is 0.281. The molecule has 0 fully saturated rings. The molecule has 0 bridgehead atoms. The Morgan fingerprint density at radius 1 is 1.00 bits per heavy atom. The molecule has 6 rings (SSSR count). The minimum atomic E-state index is -0.464. The van der Waals surface area contributed by atoms with Crippen LogP contribution in [-0.2, 0) is 17.2 Å². The fourth-order valence-corrected chi connectivity index (χ4v) is 6.77. The molecule has 216 valence electrons. The smallest absolute Gasteiger partial charge is 0.227 e. The zero-order valence-electron chi connectivity index (χ0n) is 23.5. The highest BCUT2D eigenvalue weighted by Crippen LogP contribution is 2.47. The summed E-state index contributed by atoms with van der Waals surface area (Å²) < 4.78 is 13.7. The van der Waals surface area contributed by atoms with Gasteiger partial charge in [-0.1, -0.05) is 91.3 Å². The predicted octanol–water partition coefficient (Wildman–Crippen LogP) is 8.12. The summed E-state index contributed by atoms with van der Waals surface area (Å²) in [5, 5.41) is 10.3. The summed E-state index contributed by atoms with van der Waals surface area (Å²) in [4.78, 5) is 18.5. The fourth-order valence-electron chi connectivity index (χ4n) is 5.46. The summed E-state index contributed by atoms with van der Waals surface area (Å²) in [5.74, 6) is 2.46. The number of rotatable bonds is 8. The molecule has 0 amide bonds. The van der Waals surface area contributed by atoms with E-state index in [1.807, 2.05) is 71.4 Å². The van der Waals surface area contributed by atoms with Crippen LogP contribution >= 0.6 is 35.0 Å². The van der Waals surface area contributed by atoms with Gasteiger partial charge in [-0.2, -0.15) is 4.98 Å². The van der Waals surface area contributed by atoms with Crippen LogP contribution in [0.5, 0.6) is 11.5 Å². The lowest BCUT2D eigenvalue weighted by atomic mass is 9.73. The lowest BCUT2D eigenvalue weighted by Gasteiger charge is -2.38. The molecule has 4 aromatic rings. The third-order valence-corrected chi connectivity index (χ3v) is 9.10. The Kier molecular flexibility index (Phi) is 7.96. The van der Waals surface area contributed by atoms with Gasteiger partial charge in [0.25, 0.3) is 0 Å². The van der Waals surface area contributed by atoms with E-state index in [-0.39, 0.29) is 11.2 Å². The molecule has 7 nitrogen and oxygen atoms in total. The van der Waals surface area contributed by atoms with E-state index in [2.05, 4.69) is 19.2 Å². The Hall–Kier alpha value is -3.46. The minimum Gasteiger partial charge on any atom is -0.493 e. The van der Waals surface area contributed by atoms with Gasteiger partial charge >= 0.3 is 0 Å². The Labute approximate surface area is 259 Å². The first-order valence-electron chi connectivity index (χ1n) is 13.6. The zero-order chi connectivity index (χ0) is 29.4. The second-order valence-electron chi connectivity index (χ2n) is 11.2. The first-order valence-corrected chi connectivity index (χ1v) is 15.4. The number of Topliss-reactive ketones (excluding diaryl/α,β-unsaturated/α-hetero) is 1. The Bertz CT molecular complexity index is 1700. The van der Waals surface area contributed by atoms with Crippen LogP contribution in [0.25, 0.3) is 0 Å². The van der Waals surface area contributed by atoms with Crippen molar-refractivity contribution in [3.63, 3.8) is 0 Å². The van der Waals surface area contributed by atoms with Crippen molar-refractivity contribution in [1.29, 1.82) is 0 Å². The average Bonchev–Trinajstić information content (AvgIpc) is 3.37. The molecule has 10 heteroatoms. The number of halogens is 2. The summed E-state index contributed by atoms with van der Waals surface area (Å²) in [5.41, 5.74) is 4.18. The molecule has 0 saturated heterocycles. The number of allylic oxidation sites excluding steroid dienone is 2. The number of benzene rings is 3. The molecule has 0 radical (unpaired) electrons. The first-order chi connectivity index (χ1) is 20.2. The lowest BCUT2D eigenvalue weighted by Crippen LogP contribution is -2.36. The lowest BCUT2D eigenvalue weighted by molar-refractivity contribution is -0.118. The maximum absolute atomic E-state index is 13.7. The van der Waals surface area contributed by atoms with Gasteiger partial charge in [0.15, 0.2) is 17.3 Å². The van der Waals surface area contributed by atoms with Crippen LogP contribution in [0, 0.1) is 5.41 Å². The number of nitrogens with one attached hydrogen (secondary N) is 1. The average molecular weight is 622 g/mol. The van der Waals surface area contributed by atoms with E-state index in [0.29, 0.717) is 57.0 Å². The van der Waals surface area contributed by atoms with E-state index in [0.717, 1.165) is 28.8 Å². The van der Waals surface area contributed by atoms with Crippen molar-refractivity contribution in [3.8, 4) is 11.5 Å². The number of methoxy groups -OCH3 is 1. The van der Waals surface area contributed by atoms with Crippen molar-refractivity contribution in [2.45, 2.75) is 50.2 Å². The highest BCUT2D eigenvalue weighted by molar-refractivity contribution is 7.98. The van der Waals surface area contributed by atoms with Gasteiger partial charge in [-0.3, -0.25) is 4.79 Å². The van der Waals surface area contributed by atoms with Crippen LogP contribution < -0.4 is 14.8 Å². The highest BCUT2D eigenvalue weighted by atomic mass is 35.5. The summed E-state index contributed by atoms with van der Waals surface area (Å²) in [7, 11) is 1.60. The van der Waals surface area contributed by atoms with Crippen molar-refractivity contribution in [1.82, 2.24) is 14.8 Å². The molecule has 3 aromatic carbocycles. The Morgan fingerprint density at radius 3 is 2.43 bits per heavy atom. The Morgan fingerprint density at radius 2 is 1.71 bits per heavy atom. The maximum atomic E-state index is 13.7. The molecule has 0 spiro atoms. The number of ether oxygens (including phenoxy) is 2. The second-order valence-corrected chi connectivity index (χ2v) is 13.0. The third-order valence-electron chi connectivity index (χ3n) is 7.47. The molecule has 1 N–H and O–H groups in total. The van der Waals surface area contributed by atoms with Crippen LogP contribution in [-0.4, -0.2) is 27.7 Å². The quantitative estimate of drug-likeness (QED) is 0.199. The number of hydrogen-bond acceptors (Lipinski definition) is 7. The van der Waals surface area contributed by atoms with Gasteiger partial charge < -0.3 is 14.8 Å². The summed E-state index contributed by atoms with van der Waals surface area (Å²) in [6.07, 6.45) is 1.19. The van der Waals surface area contributed by atoms with Crippen molar-refractivity contribution in [2.75, 3.05) is 12.4 Å². The molecule has 1 aromatic heterocycles. The topological polar surface area (TPSA) is 78.3 Å². The predicted molar refractivity (Wildman–Crippen MR) is 167 cm³/mol. The van der Waals surface area contributed by atoms with E-state index in [4.69, 9.17) is 42.8 Å². The van der Waals surface area contributed by atoms with Crippen LogP contribution in [0.2, 0.25) is 10.0 Å². The number of carbonyl (C=O) groups excluding carboxylic acids is 1. The molecule has 0 saturated carbocycles. The van der Waals surface area contributed by atoms with Gasteiger partial charge in [-0.25, -0.2) is 4.68 Å². The molecule has 1 aliphatic carbocycles. The van der Waals surface area contributed by atoms with Crippen molar-refractivity contribution < 1.29 is 14.3 Å². The van der Waals surface area contributed by atoms with Crippen molar-refractivity contribution in [3.05, 3.63) is 105 Å². The number of aromatic nitrogens is 3. The van der Waals surface area contributed by atoms with Gasteiger partial charge in [-0.15, -0.1) is 5.10 Å². The molecule has 42 heavy (non-hydrogen) atoms. The number of fused-ring (bicyclic) bond motifs is 1. The third kappa shape index (κ3) is 5.76. The number of anilines is 1. The van der Waals surface area contributed by atoms with Gasteiger partial charge in [0, 0.05) is 39.1 Å². The van der Waals surface area contributed by atoms with Crippen LogP contribution in [0.1, 0.15) is 49.4 Å². The van der Waals surface area contributed by atoms with E-state index in [1.165, 1.54) is 11.8 Å². The van der Waals surface area contributed by atoms with Gasteiger partial charge in [0.1, 0.15) is 12.6 Å². The summed E-state index contributed by atoms with van der Waals surface area (Å²) in [6, 6.07) is 20.6. The highest BCUT2D eigenvalue weighted by Gasteiger charge is 2.42. The molecule has 1 unspecified atom stereocenters. The van der Waals surface area contributed by atoms with Crippen LogP contribution in [0.4, 0.5) is 5.95 Å². The minimum absolute atomic E-state index is 0.100. The zero-order valence-corrected chi connectivity index (χ0v) is 25.8. The molecule has 1 aliphatic heterocycles. The maximum Gasteiger partial charge on any atom is 0.227 e. The SMILES string of the molecule is COc1cc(C2C3=C(CC(C)(C)CC3=O)Nc3nc(SCc4ccccc4Cl)nn32)ccc1OCc1ccccc1Cl. The monoisotopic (exact) mass is 620 g/mol. The van der Waals surface area contributed by atoms with Crippen LogP contribution in [0.15, 0.2) is 83.2 Å². The van der Waals surface area contributed by atoms with Gasteiger partial charge in [-0.05, 0) is 47.2 Å². The summed E-state index contributed by atoms with van der Waals surface area (Å²) in [6.45, 7) is 4.53. The number of nitrogens with zero attached hydrogens (tertiary/aromatic N) is 3. The molecule has 1 atom stereocenters. The van der Waals surface area contributed by atoms with Crippen molar-refractivity contribution in [2.24, 2.45) is 5.41 Å². The van der Waals surface area contributed by atoms with Gasteiger partial charge in [0.05, 0.1) is 7.11 Å². The molecule has 2 aliphatic rings. The van der Waals surface area contributed by atoms with Crippen molar-refractivity contribution >= 4 is 46.7 Å². The standard InChI is InChI=1S/C32H30Cl2N4O3S/c1-32(2)15-24-28(25(39)16-32)29(38-30(35-24)36-31(37-38)42-18-21-9-5-7-11-23(21)34)19-12-13-26(27(14-19)40-3)41-17-20-8-4-6-10-22(20)33/h4-14,29H,15-18H2,1-3H3,(H,35,36,37). The number of thioether (sulfide) groups is 1. The first kappa shape index (κ1) is 28.6. The second kappa shape index (κ2) is 11.7. The van der Waals surface area contributed by atoms with E-state index < -0.39 is 6.04 Å². The van der Waals surface area contributed by atoms with Gasteiger partial charge in [0.2, 0.25) is 11.1 Å². The normalized spacial score (nSPS) is 17.4. The number of ketones is 1. The largest absolute Gasteiger partial charge is 0.493 e. The molecular formula is C32H30Cl2N4O3S. The van der Waals surface area contributed by atoms with Crippen LogP contribution in [0.3, 0.4) is 0 Å². The van der Waals surface area contributed by atoms with E-state index in [9.17, 15) is 4.79 Å².